The predicted molar refractivity (Wildman–Crippen MR) is 72.2 cm³/mol. The zero-order valence-electron chi connectivity index (χ0n) is 10.4. The van der Waals surface area contributed by atoms with Gasteiger partial charge in [-0.3, -0.25) is 0 Å². The Morgan fingerprint density at radius 1 is 1.42 bits per heavy atom. The summed E-state index contributed by atoms with van der Waals surface area (Å²) >= 11 is 3.37. The van der Waals surface area contributed by atoms with Gasteiger partial charge in [-0.05, 0) is 30.7 Å². The number of hydrogen-bond acceptors (Lipinski definition) is 4. The van der Waals surface area contributed by atoms with Crippen molar-refractivity contribution in [3.05, 3.63) is 34.4 Å². The van der Waals surface area contributed by atoms with E-state index in [4.69, 9.17) is 4.52 Å². The van der Waals surface area contributed by atoms with Gasteiger partial charge in [0, 0.05) is 16.6 Å². The molecule has 2 atom stereocenters. The highest BCUT2D eigenvalue weighted by Crippen LogP contribution is 2.31. The van der Waals surface area contributed by atoms with Gasteiger partial charge in [-0.1, -0.05) is 28.0 Å². The first-order valence-corrected chi connectivity index (χ1v) is 6.94. The average Bonchev–Trinajstić information content (AvgIpc) is 3.00. The molecular weight excluding hydrogens is 313 g/mol. The molecule has 0 radical (unpaired) electrons. The number of rotatable bonds is 2. The van der Waals surface area contributed by atoms with Crippen LogP contribution in [0.2, 0.25) is 0 Å². The molecule has 1 aromatic carbocycles. The van der Waals surface area contributed by atoms with Crippen molar-refractivity contribution in [3.8, 4) is 11.4 Å². The van der Waals surface area contributed by atoms with Crippen LogP contribution >= 0.6 is 15.9 Å². The molecule has 2 heterocycles. The first kappa shape index (κ1) is 12.7. The van der Waals surface area contributed by atoms with Crippen molar-refractivity contribution in [2.24, 2.45) is 5.92 Å². The van der Waals surface area contributed by atoms with Crippen LogP contribution in [0.25, 0.3) is 11.4 Å². The van der Waals surface area contributed by atoms with Crippen LogP contribution in [0.5, 0.6) is 0 Å². The van der Waals surface area contributed by atoms with Gasteiger partial charge in [0.2, 0.25) is 11.7 Å². The standard InChI is InChI=1S/C13H13BrFN3O/c1-7-5-16-6-10(7)13-17-12(18-19-13)9-4-8(15)2-3-11(9)14/h2-4,7,10,16H,5-6H2,1H3. The Labute approximate surface area is 118 Å². The van der Waals surface area contributed by atoms with Crippen molar-refractivity contribution in [2.45, 2.75) is 12.8 Å². The van der Waals surface area contributed by atoms with Gasteiger partial charge in [-0.25, -0.2) is 4.39 Å². The second-order valence-electron chi connectivity index (χ2n) is 4.82. The first-order chi connectivity index (χ1) is 9.15. The molecule has 0 aliphatic carbocycles. The highest BCUT2D eigenvalue weighted by Gasteiger charge is 2.29. The molecule has 2 unspecified atom stereocenters. The second kappa shape index (κ2) is 5.02. The Balaban J connectivity index is 1.94. The van der Waals surface area contributed by atoms with E-state index in [0.717, 1.165) is 17.6 Å². The smallest absolute Gasteiger partial charge is 0.231 e. The number of benzene rings is 1. The lowest BCUT2D eigenvalue weighted by Crippen LogP contribution is -2.08. The number of halogens is 2. The third-order valence-electron chi connectivity index (χ3n) is 3.45. The van der Waals surface area contributed by atoms with Crippen LogP contribution in [0.1, 0.15) is 18.7 Å². The van der Waals surface area contributed by atoms with E-state index in [-0.39, 0.29) is 11.7 Å². The molecule has 100 valence electrons. The van der Waals surface area contributed by atoms with E-state index < -0.39 is 0 Å². The SMILES string of the molecule is CC1CNCC1c1nc(-c2cc(F)ccc2Br)no1. The Morgan fingerprint density at radius 2 is 2.26 bits per heavy atom. The fourth-order valence-electron chi connectivity index (χ4n) is 2.30. The summed E-state index contributed by atoms with van der Waals surface area (Å²) in [4.78, 5) is 4.40. The predicted octanol–water partition coefficient (Wildman–Crippen LogP) is 2.96. The summed E-state index contributed by atoms with van der Waals surface area (Å²) < 4.78 is 19.4. The molecule has 1 aromatic heterocycles. The van der Waals surface area contributed by atoms with E-state index in [0.29, 0.717) is 23.2 Å². The molecule has 1 N–H and O–H groups in total. The molecule has 4 nitrogen and oxygen atoms in total. The average molecular weight is 326 g/mol. The molecule has 1 saturated heterocycles. The van der Waals surface area contributed by atoms with E-state index in [2.05, 4.69) is 38.3 Å². The van der Waals surface area contributed by atoms with Crippen LogP contribution in [0, 0.1) is 11.7 Å². The number of hydrogen-bond donors (Lipinski definition) is 1. The van der Waals surface area contributed by atoms with E-state index in [1.54, 1.807) is 6.07 Å². The number of nitrogens with one attached hydrogen (secondary N) is 1. The Bertz CT molecular complexity index is 601. The van der Waals surface area contributed by atoms with Gasteiger partial charge in [0.15, 0.2) is 0 Å². The third-order valence-corrected chi connectivity index (χ3v) is 4.14. The first-order valence-electron chi connectivity index (χ1n) is 6.15. The van der Waals surface area contributed by atoms with Crippen molar-refractivity contribution in [1.29, 1.82) is 0 Å². The molecule has 1 fully saturated rings. The summed E-state index contributed by atoms with van der Waals surface area (Å²) in [5.74, 6) is 1.41. The molecule has 1 aliphatic rings. The van der Waals surface area contributed by atoms with Crippen LogP contribution < -0.4 is 5.32 Å². The van der Waals surface area contributed by atoms with Crippen LogP contribution in [0.4, 0.5) is 4.39 Å². The lowest BCUT2D eigenvalue weighted by Gasteiger charge is -2.07. The number of aromatic nitrogens is 2. The van der Waals surface area contributed by atoms with Crippen molar-refractivity contribution in [1.82, 2.24) is 15.5 Å². The molecule has 0 spiro atoms. The molecule has 0 saturated carbocycles. The second-order valence-corrected chi connectivity index (χ2v) is 5.68. The summed E-state index contributed by atoms with van der Waals surface area (Å²) in [5, 5.41) is 7.25. The monoisotopic (exact) mass is 325 g/mol. The Kier molecular flexibility index (Phi) is 3.36. The highest BCUT2D eigenvalue weighted by molar-refractivity contribution is 9.10. The minimum Gasteiger partial charge on any atom is -0.339 e. The zero-order valence-corrected chi connectivity index (χ0v) is 11.9. The lowest BCUT2D eigenvalue weighted by molar-refractivity contribution is 0.340. The van der Waals surface area contributed by atoms with E-state index in [1.807, 2.05) is 0 Å². The fourth-order valence-corrected chi connectivity index (χ4v) is 2.73. The summed E-state index contributed by atoms with van der Waals surface area (Å²) in [6.07, 6.45) is 0. The summed E-state index contributed by atoms with van der Waals surface area (Å²) in [5.41, 5.74) is 0.605. The third kappa shape index (κ3) is 2.42. The molecule has 2 aromatic rings. The maximum Gasteiger partial charge on any atom is 0.231 e. The Hall–Kier alpha value is -1.27. The molecule has 0 amide bonds. The molecule has 19 heavy (non-hydrogen) atoms. The van der Waals surface area contributed by atoms with Crippen LogP contribution in [0.15, 0.2) is 27.2 Å². The minimum absolute atomic E-state index is 0.230. The van der Waals surface area contributed by atoms with Crippen molar-refractivity contribution in [2.75, 3.05) is 13.1 Å². The maximum absolute atomic E-state index is 13.3. The van der Waals surface area contributed by atoms with E-state index >= 15 is 0 Å². The molecule has 3 rings (SSSR count). The van der Waals surface area contributed by atoms with Crippen LogP contribution in [-0.4, -0.2) is 23.2 Å². The summed E-state index contributed by atoms with van der Waals surface area (Å²) in [7, 11) is 0. The van der Waals surface area contributed by atoms with Crippen LogP contribution in [-0.2, 0) is 0 Å². The van der Waals surface area contributed by atoms with Crippen molar-refractivity contribution < 1.29 is 8.91 Å². The minimum atomic E-state index is -0.319. The number of nitrogens with zero attached hydrogens (tertiary/aromatic N) is 2. The largest absolute Gasteiger partial charge is 0.339 e. The lowest BCUT2D eigenvalue weighted by atomic mass is 9.98. The van der Waals surface area contributed by atoms with E-state index in [1.165, 1.54) is 12.1 Å². The van der Waals surface area contributed by atoms with Crippen molar-refractivity contribution >= 4 is 15.9 Å². The van der Waals surface area contributed by atoms with Gasteiger partial charge in [0.1, 0.15) is 5.82 Å². The molecule has 0 bridgehead atoms. The summed E-state index contributed by atoms with van der Waals surface area (Å²) in [6, 6.07) is 4.42. The highest BCUT2D eigenvalue weighted by atomic mass is 79.9. The molecule has 1 aliphatic heterocycles. The van der Waals surface area contributed by atoms with Gasteiger partial charge in [0.05, 0.1) is 5.92 Å². The van der Waals surface area contributed by atoms with Gasteiger partial charge >= 0.3 is 0 Å². The van der Waals surface area contributed by atoms with Gasteiger partial charge in [-0.2, -0.15) is 4.98 Å². The summed E-state index contributed by atoms with van der Waals surface area (Å²) in [6.45, 7) is 3.94. The maximum atomic E-state index is 13.3. The van der Waals surface area contributed by atoms with Crippen LogP contribution in [0.3, 0.4) is 0 Å². The van der Waals surface area contributed by atoms with Gasteiger partial charge in [0.25, 0.3) is 0 Å². The molecular formula is C13H13BrFN3O. The Morgan fingerprint density at radius 3 is 3.00 bits per heavy atom. The van der Waals surface area contributed by atoms with E-state index in [9.17, 15) is 4.39 Å². The normalized spacial score (nSPS) is 22.9. The topological polar surface area (TPSA) is 51.0 Å². The fraction of sp³-hybridized carbons (Fsp3) is 0.385. The van der Waals surface area contributed by atoms with Gasteiger partial charge < -0.3 is 9.84 Å². The van der Waals surface area contributed by atoms with Crippen molar-refractivity contribution in [3.63, 3.8) is 0 Å². The van der Waals surface area contributed by atoms with Gasteiger partial charge in [-0.15, -0.1) is 0 Å². The quantitative estimate of drug-likeness (QED) is 0.922. The zero-order chi connectivity index (χ0) is 13.4. The molecule has 6 heteroatoms.